The van der Waals surface area contributed by atoms with E-state index in [9.17, 15) is 9.59 Å². The molecule has 2 aliphatic heterocycles. The van der Waals surface area contributed by atoms with Crippen LogP contribution in [-0.4, -0.2) is 42.5 Å². The van der Waals surface area contributed by atoms with Gasteiger partial charge >= 0.3 is 0 Å². The summed E-state index contributed by atoms with van der Waals surface area (Å²) in [5.74, 6) is -0.536. The Kier molecular flexibility index (Phi) is 3.82. The van der Waals surface area contributed by atoms with Crippen molar-refractivity contribution in [2.45, 2.75) is 18.9 Å². The normalized spacial score (nSPS) is 28.3. The van der Waals surface area contributed by atoms with Gasteiger partial charge < -0.3 is 15.4 Å². The zero-order valence-corrected chi connectivity index (χ0v) is 10.0. The molecule has 0 spiro atoms. The van der Waals surface area contributed by atoms with Gasteiger partial charge in [-0.2, -0.15) is 5.26 Å². The Morgan fingerprint density at radius 1 is 1.44 bits per heavy atom. The van der Waals surface area contributed by atoms with Crippen molar-refractivity contribution in [3.8, 4) is 6.07 Å². The van der Waals surface area contributed by atoms with Gasteiger partial charge in [-0.05, 0) is 18.8 Å². The van der Waals surface area contributed by atoms with Gasteiger partial charge in [0.15, 0.2) is 0 Å². The number of primary amides is 1. The summed E-state index contributed by atoms with van der Waals surface area (Å²) in [5.41, 5.74) is 5.18. The van der Waals surface area contributed by atoms with E-state index in [4.69, 9.17) is 15.7 Å². The number of nitrogens with zero attached hydrogens (tertiary/aromatic N) is 2. The van der Waals surface area contributed by atoms with Crippen molar-refractivity contribution in [1.29, 1.82) is 5.26 Å². The third-order valence-corrected chi connectivity index (χ3v) is 3.40. The van der Waals surface area contributed by atoms with Crippen LogP contribution in [0.15, 0.2) is 0 Å². The average Bonchev–Trinajstić information content (AvgIpc) is 2.27. The minimum absolute atomic E-state index is 0.0320. The van der Waals surface area contributed by atoms with Crippen molar-refractivity contribution in [3.63, 3.8) is 0 Å². The lowest BCUT2D eigenvalue weighted by Crippen LogP contribution is -2.50. The first-order chi connectivity index (χ1) is 8.60. The van der Waals surface area contributed by atoms with Crippen LogP contribution < -0.4 is 5.73 Å². The van der Waals surface area contributed by atoms with Crippen molar-refractivity contribution in [3.05, 3.63) is 6.42 Å². The zero-order valence-electron chi connectivity index (χ0n) is 10.0. The first-order valence-corrected chi connectivity index (χ1v) is 6.04. The quantitative estimate of drug-likeness (QED) is 0.727. The lowest BCUT2D eigenvalue weighted by atomic mass is 9.90. The van der Waals surface area contributed by atoms with Gasteiger partial charge in [0.1, 0.15) is 6.10 Å². The van der Waals surface area contributed by atoms with Gasteiger partial charge in [0.05, 0.1) is 18.4 Å². The van der Waals surface area contributed by atoms with Gasteiger partial charge in [0.25, 0.3) is 0 Å². The highest BCUT2D eigenvalue weighted by Crippen LogP contribution is 2.25. The molecule has 0 aromatic rings. The average molecular weight is 250 g/mol. The first-order valence-electron chi connectivity index (χ1n) is 6.04. The fourth-order valence-electron chi connectivity index (χ4n) is 2.22. The van der Waals surface area contributed by atoms with Crippen molar-refractivity contribution in [2.24, 2.45) is 17.6 Å². The molecule has 0 aliphatic carbocycles. The molecule has 6 heteroatoms. The molecule has 18 heavy (non-hydrogen) atoms. The molecule has 2 N–H and O–H groups in total. The van der Waals surface area contributed by atoms with Gasteiger partial charge in [-0.1, -0.05) is 0 Å². The molecule has 2 heterocycles. The highest BCUT2D eigenvalue weighted by molar-refractivity contribution is 5.86. The second-order valence-electron chi connectivity index (χ2n) is 4.78. The van der Waals surface area contributed by atoms with E-state index in [1.165, 1.54) is 0 Å². The number of hydrogen-bond acceptors (Lipinski definition) is 4. The zero-order chi connectivity index (χ0) is 13.1. The molecule has 0 saturated carbocycles. The summed E-state index contributed by atoms with van der Waals surface area (Å²) < 4.78 is 5.22. The topological polar surface area (TPSA) is 96.4 Å². The highest BCUT2D eigenvalue weighted by Gasteiger charge is 2.34. The fraction of sp³-hybridized carbons (Fsp3) is 0.667. The number of amides is 2. The van der Waals surface area contributed by atoms with E-state index in [1.54, 1.807) is 11.3 Å². The van der Waals surface area contributed by atoms with Crippen LogP contribution in [0.4, 0.5) is 0 Å². The Morgan fingerprint density at radius 2 is 2.17 bits per heavy atom. The summed E-state index contributed by atoms with van der Waals surface area (Å²) in [7, 11) is 0. The van der Waals surface area contributed by atoms with Crippen molar-refractivity contribution < 1.29 is 14.3 Å². The Labute approximate surface area is 106 Å². The number of rotatable bonds is 3. The monoisotopic (exact) mass is 250 g/mol. The standard InChI is InChI=1S/C12H16N3O3/c13-5-9-6-15(7-9)11(16)4-8-1-2-18-10(3-8)12(14)17/h4,8-10H,1-3,6-7H2,(H2,14,17)/t8?,10-/m0/s1. The third-order valence-electron chi connectivity index (χ3n) is 3.40. The maximum atomic E-state index is 11.8. The van der Waals surface area contributed by atoms with E-state index in [1.807, 2.05) is 0 Å². The summed E-state index contributed by atoms with van der Waals surface area (Å²) in [6, 6.07) is 2.12. The Balaban J connectivity index is 1.78. The van der Waals surface area contributed by atoms with E-state index in [2.05, 4.69) is 6.07 Å². The molecule has 97 valence electrons. The van der Waals surface area contributed by atoms with E-state index < -0.39 is 12.0 Å². The second kappa shape index (κ2) is 5.36. The number of nitrogens with two attached hydrogens (primary N) is 1. The lowest BCUT2D eigenvalue weighted by molar-refractivity contribution is -0.137. The molecule has 1 unspecified atom stereocenters. The fourth-order valence-corrected chi connectivity index (χ4v) is 2.22. The predicted octanol–water partition coefficient (Wildman–Crippen LogP) is -0.547. The molecular formula is C12H16N3O3. The first kappa shape index (κ1) is 12.8. The SMILES string of the molecule is N#CC1CN(C(=O)[CH]C2CCO[C@H](C(N)=O)C2)C1. The summed E-state index contributed by atoms with van der Waals surface area (Å²) in [6.07, 6.45) is 2.24. The van der Waals surface area contributed by atoms with E-state index >= 15 is 0 Å². The molecule has 6 nitrogen and oxygen atoms in total. The summed E-state index contributed by atoms with van der Waals surface area (Å²) in [5, 5.41) is 8.64. The minimum atomic E-state index is -0.587. The Hall–Kier alpha value is -1.61. The number of nitriles is 1. The van der Waals surface area contributed by atoms with Gasteiger partial charge in [-0.3, -0.25) is 9.59 Å². The predicted molar refractivity (Wildman–Crippen MR) is 61.6 cm³/mol. The van der Waals surface area contributed by atoms with E-state index in [0.717, 1.165) is 6.42 Å². The third kappa shape index (κ3) is 2.79. The molecule has 2 rings (SSSR count). The molecule has 2 fully saturated rings. The van der Waals surface area contributed by atoms with Crippen LogP contribution in [0.2, 0.25) is 0 Å². The summed E-state index contributed by atoms with van der Waals surface area (Å²) in [4.78, 5) is 24.5. The van der Waals surface area contributed by atoms with Crippen molar-refractivity contribution in [2.75, 3.05) is 19.7 Å². The molecule has 0 aromatic heterocycles. The van der Waals surface area contributed by atoms with Crippen LogP contribution in [0.5, 0.6) is 0 Å². The molecule has 2 aliphatic rings. The van der Waals surface area contributed by atoms with Crippen LogP contribution in [-0.2, 0) is 14.3 Å². The van der Waals surface area contributed by atoms with Crippen LogP contribution >= 0.6 is 0 Å². The minimum Gasteiger partial charge on any atom is -0.368 e. The van der Waals surface area contributed by atoms with Gasteiger partial charge in [-0.25, -0.2) is 0 Å². The van der Waals surface area contributed by atoms with E-state index in [0.29, 0.717) is 26.1 Å². The molecule has 2 saturated heterocycles. The van der Waals surface area contributed by atoms with Crippen LogP contribution in [0.1, 0.15) is 12.8 Å². The van der Waals surface area contributed by atoms with Gasteiger partial charge in [0.2, 0.25) is 11.8 Å². The molecule has 0 bridgehead atoms. The number of ether oxygens (including phenoxy) is 1. The molecule has 0 aromatic carbocycles. The summed E-state index contributed by atoms with van der Waals surface area (Å²) >= 11 is 0. The van der Waals surface area contributed by atoms with E-state index in [-0.39, 0.29) is 17.7 Å². The molecule has 2 atom stereocenters. The molecular weight excluding hydrogens is 234 g/mol. The number of carbonyl (C=O) groups is 2. The van der Waals surface area contributed by atoms with Crippen LogP contribution in [0.3, 0.4) is 0 Å². The van der Waals surface area contributed by atoms with Gasteiger partial charge in [-0.15, -0.1) is 0 Å². The second-order valence-corrected chi connectivity index (χ2v) is 4.78. The van der Waals surface area contributed by atoms with Crippen molar-refractivity contribution >= 4 is 11.8 Å². The van der Waals surface area contributed by atoms with Crippen LogP contribution in [0, 0.1) is 29.6 Å². The summed E-state index contributed by atoms with van der Waals surface area (Å²) in [6.45, 7) is 1.46. The van der Waals surface area contributed by atoms with Crippen molar-refractivity contribution in [1.82, 2.24) is 4.90 Å². The maximum absolute atomic E-state index is 11.8. The maximum Gasteiger partial charge on any atom is 0.246 e. The van der Waals surface area contributed by atoms with Gasteiger partial charge in [0, 0.05) is 19.7 Å². The highest BCUT2D eigenvalue weighted by atomic mass is 16.5. The Morgan fingerprint density at radius 3 is 2.78 bits per heavy atom. The number of carbonyl (C=O) groups excluding carboxylic acids is 2. The lowest BCUT2D eigenvalue weighted by Gasteiger charge is -2.36. The smallest absolute Gasteiger partial charge is 0.246 e. The molecule has 2 amide bonds. The Bertz CT molecular complexity index is 385. The number of likely N-dealkylation sites (tertiary alicyclic amines) is 1. The molecule has 1 radical (unpaired) electrons. The van der Waals surface area contributed by atoms with Crippen LogP contribution in [0.25, 0.3) is 0 Å². The largest absolute Gasteiger partial charge is 0.368 e. The number of hydrogen-bond donors (Lipinski definition) is 1.